The van der Waals surface area contributed by atoms with E-state index in [0.717, 1.165) is 12.1 Å². The van der Waals surface area contributed by atoms with Crippen molar-refractivity contribution in [2.24, 2.45) is 0 Å². The number of benzene rings is 1. The highest BCUT2D eigenvalue weighted by atomic mass is 19.4. The number of halogens is 3. The average molecular weight is 450 g/mol. The van der Waals surface area contributed by atoms with Gasteiger partial charge in [0.25, 0.3) is 11.8 Å². The van der Waals surface area contributed by atoms with Crippen LogP contribution in [-0.4, -0.2) is 55.4 Å². The summed E-state index contributed by atoms with van der Waals surface area (Å²) in [4.78, 5) is 18.7. The van der Waals surface area contributed by atoms with E-state index in [1.807, 2.05) is 13.8 Å². The summed E-state index contributed by atoms with van der Waals surface area (Å²) in [5.74, 6) is 0.438. The van der Waals surface area contributed by atoms with Crippen molar-refractivity contribution in [2.75, 3.05) is 13.1 Å². The Balaban J connectivity index is 1.35. The number of ether oxygens (including phenoxy) is 1. The van der Waals surface area contributed by atoms with Gasteiger partial charge in [0.1, 0.15) is 5.75 Å². The number of likely N-dealkylation sites (tertiary alicyclic amines) is 1. The molecule has 0 atom stereocenters. The average Bonchev–Trinajstić information content (AvgIpc) is 3.43. The smallest absolute Gasteiger partial charge is 0.406 e. The van der Waals surface area contributed by atoms with Crippen LogP contribution in [-0.2, 0) is 0 Å². The maximum absolute atomic E-state index is 12.7. The van der Waals surface area contributed by atoms with Crippen molar-refractivity contribution in [3.63, 3.8) is 0 Å². The molecule has 2 aromatic heterocycles. The van der Waals surface area contributed by atoms with Gasteiger partial charge in [-0.2, -0.15) is 4.98 Å². The van der Waals surface area contributed by atoms with Gasteiger partial charge in [-0.05, 0) is 37.1 Å². The number of nitrogens with zero attached hydrogens (tertiary/aromatic N) is 6. The Morgan fingerprint density at radius 1 is 1.19 bits per heavy atom. The van der Waals surface area contributed by atoms with Gasteiger partial charge in [0, 0.05) is 24.6 Å². The molecular formula is C20H21F3N6O3. The number of aromatic nitrogens is 5. The van der Waals surface area contributed by atoms with Gasteiger partial charge in [0.05, 0.1) is 12.2 Å². The van der Waals surface area contributed by atoms with E-state index >= 15 is 0 Å². The lowest BCUT2D eigenvalue weighted by Gasteiger charge is -2.31. The second-order valence-electron chi connectivity index (χ2n) is 7.79. The largest absolute Gasteiger partial charge is 0.573 e. The van der Waals surface area contributed by atoms with E-state index in [4.69, 9.17) is 4.52 Å². The molecular weight excluding hydrogens is 429 g/mol. The molecule has 9 nitrogen and oxygen atoms in total. The molecule has 3 aromatic rings. The van der Waals surface area contributed by atoms with Crippen LogP contribution in [0.1, 0.15) is 54.8 Å². The van der Waals surface area contributed by atoms with Gasteiger partial charge >= 0.3 is 6.36 Å². The van der Waals surface area contributed by atoms with E-state index in [9.17, 15) is 18.0 Å². The number of carbonyl (C=O) groups excluding carboxylic acids is 1. The van der Waals surface area contributed by atoms with E-state index in [-0.39, 0.29) is 23.6 Å². The minimum absolute atomic E-state index is 0.0513. The standard InChI is InChI=1S/C20H21F3N6O3/c1-12(2)17-24-18(32-26-17)16-11-29(27-25-16)14-7-9-28(10-8-14)19(30)13-3-5-15(6-4-13)31-20(21,22)23/h3-6,11-12,14H,7-10H2,1-2H3. The number of piperidine rings is 1. The highest BCUT2D eigenvalue weighted by Crippen LogP contribution is 2.26. The van der Waals surface area contributed by atoms with Gasteiger partial charge < -0.3 is 14.2 Å². The second kappa shape index (κ2) is 8.60. The van der Waals surface area contributed by atoms with Crippen molar-refractivity contribution in [3.05, 3.63) is 41.9 Å². The Labute approximate surface area is 181 Å². The lowest BCUT2D eigenvalue weighted by molar-refractivity contribution is -0.274. The minimum Gasteiger partial charge on any atom is -0.406 e. The van der Waals surface area contributed by atoms with Gasteiger partial charge in [-0.15, -0.1) is 18.3 Å². The van der Waals surface area contributed by atoms with E-state index in [1.54, 1.807) is 15.8 Å². The predicted octanol–water partition coefficient (Wildman–Crippen LogP) is 3.83. The molecule has 0 saturated carbocycles. The number of carbonyl (C=O) groups is 1. The Kier molecular flexibility index (Phi) is 5.85. The first-order chi connectivity index (χ1) is 15.2. The Hall–Kier alpha value is -3.44. The van der Waals surface area contributed by atoms with Crippen LogP contribution in [0, 0.1) is 0 Å². The predicted molar refractivity (Wildman–Crippen MR) is 105 cm³/mol. The van der Waals surface area contributed by atoms with Crippen LogP contribution in [0.25, 0.3) is 11.6 Å². The topological polar surface area (TPSA) is 99.2 Å². The van der Waals surface area contributed by atoms with Crippen molar-refractivity contribution >= 4 is 5.91 Å². The summed E-state index contributed by atoms with van der Waals surface area (Å²) in [7, 11) is 0. The molecule has 3 heterocycles. The van der Waals surface area contributed by atoms with Gasteiger partial charge in [-0.3, -0.25) is 4.79 Å². The Morgan fingerprint density at radius 2 is 1.88 bits per heavy atom. The van der Waals surface area contributed by atoms with Gasteiger partial charge in [-0.1, -0.05) is 24.2 Å². The molecule has 1 saturated heterocycles. The first-order valence-corrected chi connectivity index (χ1v) is 10.1. The zero-order chi connectivity index (χ0) is 22.9. The minimum atomic E-state index is -4.77. The van der Waals surface area contributed by atoms with Crippen molar-refractivity contribution in [1.82, 2.24) is 30.0 Å². The highest BCUT2D eigenvalue weighted by Gasteiger charge is 2.31. The molecule has 4 rings (SSSR count). The molecule has 0 bridgehead atoms. The lowest BCUT2D eigenvalue weighted by atomic mass is 10.0. The van der Waals surface area contributed by atoms with Gasteiger partial charge in [0.2, 0.25) is 0 Å². The van der Waals surface area contributed by atoms with Crippen molar-refractivity contribution < 1.29 is 27.2 Å². The van der Waals surface area contributed by atoms with E-state index in [0.29, 0.717) is 48.9 Å². The summed E-state index contributed by atoms with van der Waals surface area (Å²) >= 11 is 0. The fraction of sp³-hybridized carbons (Fsp3) is 0.450. The fourth-order valence-electron chi connectivity index (χ4n) is 3.44. The van der Waals surface area contributed by atoms with Crippen LogP contribution >= 0.6 is 0 Å². The molecule has 0 N–H and O–H groups in total. The quantitative estimate of drug-likeness (QED) is 0.583. The molecule has 1 aliphatic heterocycles. The molecule has 12 heteroatoms. The summed E-state index contributed by atoms with van der Waals surface area (Å²) < 4.78 is 47.7. The Bertz CT molecular complexity index is 1070. The monoisotopic (exact) mass is 450 g/mol. The number of hydrogen-bond donors (Lipinski definition) is 0. The first kappa shape index (κ1) is 21.8. The SMILES string of the molecule is CC(C)c1noc(-c2cn(C3CCN(C(=O)c4ccc(OC(F)(F)F)cc4)CC3)nn2)n1. The molecule has 1 amide bonds. The van der Waals surface area contributed by atoms with Crippen molar-refractivity contribution in [3.8, 4) is 17.3 Å². The summed E-state index contributed by atoms with van der Waals surface area (Å²) in [6.07, 6.45) is -1.70. The first-order valence-electron chi connectivity index (χ1n) is 10.1. The summed E-state index contributed by atoms with van der Waals surface area (Å²) in [6.45, 7) is 4.89. The third-order valence-corrected chi connectivity index (χ3v) is 5.15. The van der Waals surface area contributed by atoms with E-state index in [2.05, 4.69) is 25.2 Å². The van der Waals surface area contributed by atoms with Crippen LogP contribution in [0.3, 0.4) is 0 Å². The summed E-state index contributed by atoms with van der Waals surface area (Å²) in [6, 6.07) is 4.97. The number of rotatable bonds is 5. The lowest BCUT2D eigenvalue weighted by Crippen LogP contribution is -2.39. The van der Waals surface area contributed by atoms with Gasteiger partial charge in [0.15, 0.2) is 11.5 Å². The van der Waals surface area contributed by atoms with Crippen LogP contribution in [0.15, 0.2) is 35.0 Å². The van der Waals surface area contributed by atoms with E-state index < -0.39 is 6.36 Å². The molecule has 1 fully saturated rings. The number of hydrogen-bond acceptors (Lipinski definition) is 7. The molecule has 32 heavy (non-hydrogen) atoms. The molecule has 0 aliphatic carbocycles. The molecule has 0 radical (unpaired) electrons. The molecule has 0 unspecified atom stereocenters. The maximum Gasteiger partial charge on any atom is 0.573 e. The van der Waals surface area contributed by atoms with Crippen LogP contribution in [0.5, 0.6) is 5.75 Å². The maximum atomic E-state index is 12.7. The third-order valence-electron chi connectivity index (χ3n) is 5.15. The van der Waals surface area contributed by atoms with Crippen LogP contribution < -0.4 is 4.74 Å². The summed E-state index contributed by atoms with van der Waals surface area (Å²) in [5, 5.41) is 12.2. The normalized spacial score (nSPS) is 15.4. The third kappa shape index (κ3) is 4.89. The van der Waals surface area contributed by atoms with Crippen molar-refractivity contribution in [1.29, 1.82) is 0 Å². The number of alkyl halides is 3. The van der Waals surface area contributed by atoms with Crippen LogP contribution in [0.2, 0.25) is 0 Å². The molecule has 1 aromatic carbocycles. The van der Waals surface area contributed by atoms with Crippen LogP contribution in [0.4, 0.5) is 13.2 Å². The molecule has 170 valence electrons. The summed E-state index contributed by atoms with van der Waals surface area (Å²) in [5.41, 5.74) is 0.794. The second-order valence-corrected chi connectivity index (χ2v) is 7.79. The van der Waals surface area contributed by atoms with E-state index in [1.165, 1.54) is 12.1 Å². The zero-order valence-corrected chi connectivity index (χ0v) is 17.4. The zero-order valence-electron chi connectivity index (χ0n) is 17.4. The number of amides is 1. The fourth-order valence-corrected chi connectivity index (χ4v) is 3.44. The van der Waals surface area contributed by atoms with Crippen molar-refractivity contribution in [2.45, 2.75) is 45.0 Å². The van der Waals surface area contributed by atoms with Gasteiger partial charge in [-0.25, -0.2) is 4.68 Å². The molecule has 1 aliphatic rings. The molecule has 0 spiro atoms. The highest BCUT2D eigenvalue weighted by molar-refractivity contribution is 5.94. The Morgan fingerprint density at radius 3 is 2.47 bits per heavy atom.